The van der Waals surface area contributed by atoms with Crippen LogP contribution in [0.2, 0.25) is 0 Å². The molecule has 1 aliphatic heterocycles. The maximum absolute atomic E-state index is 11.7. The van der Waals surface area contributed by atoms with Gasteiger partial charge in [-0.3, -0.25) is 9.69 Å². The zero-order valence-corrected chi connectivity index (χ0v) is 10.1. The molecule has 1 aliphatic rings. The lowest BCUT2D eigenvalue weighted by atomic mass is 10.1. The first kappa shape index (κ1) is 13.4. The Morgan fingerprint density at radius 2 is 2.44 bits per heavy atom. The molecule has 1 fully saturated rings. The summed E-state index contributed by atoms with van der Waals surface area (Å²) in [6.07, 6.45) is 0.978. The first-order valence-corrected chi connectivity index (χ1v) is 5.80. The molecule has 94 valence electrons. The second kappa shape index (κ2) is 6.83. The van der Waals surface area contributed by atoms with Gasteiger partial charge in [0.25, 0.3) is 0 Å². The van der Waals surface area contributed by atoms with Gasteiger partial charge in [0, 0.05) is 26.8 Å². The van der Waals surface area contributed by atoms with E-state index in [4.69, 9.17) is 9.84 Å². The molecule has 16 heavy (non-hydrogen) atoms. The Morgan fingerprint density at radius 3 is 3.00 bits per heavy atom. The molecule has 1 saturated heterocycles. The van der Waals surface area contributed by atoms with Crippen molar-refractivity contribution in [1.29, 1.82) is 0 Å². The fourth-order valence-corrected chi connectivity index (χ4v) is 1.95. The lowest BCUT2D eigenvalue weighted by Crippen LogP contribution is -2.45. The number of hydrogen-bond donors (Lipinski definition) is 2. The van der Waals surface area contributed by atoms with Gasteiger partial charge in [0.05, 0.1) is 12.6 Å². The molecule has 0 aromatic heterocycles. The predicted octanol–water partition coefficient (Wildman–Crippen LogP) is -0.548. The molecule has 2 N–H and O–H groups in total. The van der Waals surface area contributed by atoms with Crippen molar-refractivity contribution in [2.24, 2.45) is 5.92 Å². The number of aliphatic hydroxyl groups is 1. The van der Waals surface area contributed by atoms with E-state index in [1.807, 2.05) is 6.92 Å². The highest BCUT2D eigenvalue weighted by atomic mass is 16.5. The maximum Gasteiger partial charge on any atom is 0.237 e. The summed E-state index contributed by atoms with van der Waals surface area (Å²) in [4.78, 5) is 13.8. The zero-order chi connectivity index (χ0) is 12.0. The Bertz CT molecular complexity index is 223. The van der Waals surface area contributed by atoms with Gasteiger partial charge in [-0.2, -0.15) is 0 Å². The number of likely N-dealkylation sites (tertiary alicyclic amines) is 1. The van der Waals surface area contributed by atoms with Crippen LogP contribution in [0.15, 0.2) is 0 Å². The molecule has 0 aromatic carbocycles. The van der Waals surface area contributed by atoms with Crippen LogP contribution in [0.5, 0.6) is 0 Å². The fourth-order valence-electron chi connectivity index (χ4n) is 1.95. The van der Waals surface area contributed by atoms with Crippen molar-refractivity contribution >= 4 is 5.91 Å². The number of nitrogens with zero attached hydrogens (tertiary/aromatic N) is 1. The first-order valence-electron chi connectivity index (χ1n) is 5.80. The van der Waals surface area contributed by atoms with Crippen molar-refractivity contribution < 1.29 is 14.6 Å². The van der Waals surface area contributed by atoms with E-state index in [-0.39, 0.29) is 18.6 Å². The molecule has 5 nitrogen and oxygen atoms in total. The topological polar surface area (TPSA) is 61.8 Å². The summed E-state index contributed by atoms with van der Waals surface area (Å²) in [5, 5.41) is 11.9. The Kier molecular flexibility index (Phi) is 5.73. The SMILES string of the molecule is COCCNC(=O)C(C)N1CCC(CO)C1. The van der Waals surface area contributed by atoms with E-state index in [1.54, 1.807) is 7.11 Å². The number of amides is 1. The summed E-state index contributed by atoms with van der Waals surface area (Å²) in [7, 11) is 1.61. The molecule has 5 heteroatoms. The lowest BCUT2D eigenvalue weighted by molar-refractivity contribution is -0.125. The van der Waals surface area contributed by atoms with Crippen LogP contribution in [0.1, 0.15) is 13.3 Å². The molecule has 1 heterocycles. The van der Waals surface area contributed by atoms with Crippen LogP contribution in [-0.2, 0) is 9.53 Å². The summed E-state index contributed by atoms with van der Waals surface area (Å²) in [5.41, 5.74) is 0. The minimum atomic E-state index is -0.117. The summed E-state index contributed by atoms with van der Waals surface area (Å²) >= 11 is 0. The molecule has 0 aromatic rings. The van der Waals surface area contributed by atoms with Gasteiger partial charge >= 0.3 is 0 Å². The summed E-state index contributed by atoms with van der Waals surface area (Å²) < 4.78 is 4.87. The average molecular weight is 230 g/mol. The van der Waals surface area contributed by atoms with Crippen LogP contribution >= 0.6 is 0 Å². The van der Waals surface area contributed by atoms with Gasteiger partial charge in [-0.15, -0.1) is 0 Å². The highest BCUT2D eigenvalue weighted by Crippen LogP contribution is 2.17. The second-order valence-corrected chi connectivity index (χ2v) is 4.29. The van der Waals surface area contributed by atoms with Crippen molar-refractivity contribution in [3.8, 4) is 0 Å². The highest BCUT2D eigenvalue weighted by molar-refractivity contribution is 5.81. The van der Waals surface area contributed by atoms with E-state index < -0.39 is 0 Å². The maximum atomic E-state index is 11.7. The third kappa shape index (κ3) is 3.73. The van der Waals surface area contributed by atoms with Crippen LogP contribution in [0.3, 0.4) is 0 Å². The Balaban J connectivity index is 2.28. The van der Waals surface area contributed by atoms with E-state index in [0.29, 0.717) is 19.1 Å². The van der Waals surface area contributed by atoms with Crippen LogP contribution in [0.4, 0.5) is 0 Å². The summed E-state index contributed by atoms with van der Waals surface area (Å²) in [6.45, 7) is 4.92. The molecule has 2 atom stereocenters. The van der Waals surface area contributed by atoms with Gasteiger partial charge in [-0.25, -0.2) is 0 Å². The smallest absolute Gasteiger partial charge is 0.237 e. The number of nitrogens with one attached hydrogen (secondary N) is 1. The largest absolute Gasteiger partial charge is 0.396 e. The first-order chi connectivity index (χ1) is 7.69. The van der Waals surface area contributed by atoms with E-state index in [1.165, 1.54) is 0 Å². The summed E-state index contributed by atoms with van der Waals surface area (Å²) in [6, 6.07) is -0.117. The van der Waals surface area contributed by atoms with Crippen molar-refractivity contribution in [1.82, 2.24) is 10.2 Å². The molecule has 0 saturated carbocycles. The molecule has 0 spiro atoms. The molecular weight excluding hydrogens is 208 g/mol. The van der Waals surface area contributed by atoms with E-state index in [9.17, 15) is 4.79 Å². The zero-order valence-electron chi connectivity index (χ0n) is 10.1. The Labute approximate surface area is 96.8 Å². The average Bonchev–Trinajstić information content (AvgIpc) is 2.76. The number of methoxy groups -OCH3 is 1. The molecule has 1 rings (SSSR count). The van der Waals surface area contributed by atoms with Crippen LogP contribution in [0, 0.1) is 5.92 Å². The molecule has 0 bridgehead atoms. The van der Waals surface area contributed by atoms with Crippen LogP contribution in [0.25, 0.3) is 0 Å². The van der Waals surface area contributed by atoms with E-state index in [0.717, 1.165) is 19.5 Å². The minimum absolute atomic E-state index is 0.0376. The van der Waals surface area contributed by atoms with Crippen molar-refractivity contribution in [3.63, 3.8) is 0 Å². The normalized spacial score (nSPS) is 23.3. The van der Waals surface area contributed by atoms with E-state index in [2.05, 4.69) is 10.2 Å². The number of carbonyl (C=O) groups excluding carboxylic acids is 1. The van der Waals surface area contributed by atoms with Crippen molar-refractivity contribution in [2.45, 2.75) is 19.4 Å². The Hall–Kier alpha value is -0.650. The molecule has 1 amide bonds. The van der Waals surface area contributed by atoms with Crippen molar-refractivity contribution in [3.05, 3.63) is 0 Å². The monoisotopic (exact) mass is 230 g/mol. The third-order valence-electron chi connectivity index (χ3n) is 3.11. The molecular formula is C11H22N2O3. The van der Waals surface area contributed by atoms with E-state index >= 15 is 0 Å². The molecule has 0 radical (unpaired) electrons. The summed E-state index contributed by atoms with van der Waals surface area (Å²) in [5.74, 6) is 0.366. The quantitative estimate of drug-likeness (QED) is 0.601. The predicted molar refractivity (Wildman–Crippen MR) is 61.1 cm³/mol. The van der Waals surface area contributed by atoms with Gasteiger partial charge in [-0.1, -0.05) is 0 Å². The number of carbonyl (C=O) groups is 1. The number of rotatable bonds is 6. The Morgan fingerprint density at radius 1 is 1.69 bits per heavy atom. The fraction of sp³-hybridized carbons (Fsp3) is 0.909. The number of aliphatic hydroxyl groups excluding tert-OH is 1. The number of hydrogen-bond acceptors (Lipinski definition) is 4. The molecule has 0 aliphatic carbocycles. The number of ether oxygens (including phenoxy) is 1. The van der Waals surface area contributed by atoms with Gasteiger partial charge in [-0.05, 0) is 25.8 Å². The minimum Gasteiger partial charge on any atom is -0.396 e. The highest BCUT2D eigenvalue weighted by Gasteiger charge is 2.28. The van der Waals surface area contributed by atoms with Crippen molar-refractivity contribution in [2.75, 3.05) is 40.0 Å². The van der Waals surface area contributed by atoms with Crippen LogP contribution < -0.4 is 5.32 Å². The van der Waals surface area contributed by atoms with Gasteiger partial charge < -0.3 is 15.2 Å². The standard InChI is InChI=1S/C11H22N2O3/c1-9(11(15)12-4-6-16-2)13-5-3-10(7-13)8-14/h9-10,14H,3-8H2,1-2H3,(H,12,15). The van der Waals surface area contributed by atoms with Gasteiger partial charge in [0.15, 0.2) is 0 Å². The second-order valence-electron chi connectivity index (χ2n) is 4.29. The van der Waals surface area contributed by atoms with Gasteiger partial charge in [0.2, 0.25) is 5.91 Å². The third-order valence-corrected chi connectivity index (χ3v) is 3.11. The molecule has 2 unspecified atom stereocenters. The lowest BCUT2D eigenvalue weighted by Gasteiger charge is -2.23. The van der Waals surface area contributed by atoms with Gasteiger partial charge in [0.1, 0.15) is 0 Å². The van der Waals surface area contributed by atoms with Crippen LogP contribution in [-0.4, -0.2) is 61.9 Å².